The largest absolute Gasteiger partial charge is 0.488 e. The first-order valence-electron chi connectivity index (χ1n) is 14.9. The molecular formula is C36H43BBr2IO6Pd-. The smallest absolute Gasteiger partial charge is 0.481 e. The second-order valence-corrected chi connectivity index (χ2v) is 13.3. The fraction of sp³-hybridized carbons (Fsp3) is 0.278. The van der Waals surface area contributed by atoms with Gasteiger partial charge in [0.1, 0.15) is 0 Å². The fourth-order valence-corrected chi connectivity index (χ4v) is 5.17. The number of halogens is 3. The maximum absolute atomic E-state index is 9.00. The zero-order valence-corrected chi connectivity index (χ0v) is 34.4. The topological polar surface area (TPSA) is 104 Å². The molecule has 11 heteroatoms. The Balaban J connectivity index is 0.000000618. The number of carbonyl (C=O) groups is 1. The van der Waals surface area contributed by atoms with Crippen LogP contribution in [0.15, 0.2) is 103 Å². The summed E-state index contributed by atoms with van der Waals surface area (Å²) in [5, 5.41) is 25.0. The summed E-state index contributed by atoms with van der Waals surface area (Å²) in [6.07, 6.45) is 4.53. The molecule has 1 aromatic heterocycles. The summed E-state index contributed by atoms with van der Waals surface area (Å²) in [4.78, 5) is 9.00. The minimum absolute atomic E-state index is 0. The van der Waals surface area contributed by atoms with Crippen LogP contribution in [-0.4, -0.2) is 28.2 Å². The van der Waals surface area contributed by atoms with Crippen LogP contribution < -0.4 is 5.46 Å². The second-order valence-electron chi connectivity index (χ2n) is 10.3. The molecule has 0 aliphatic heterocycles. The summed E-state index contributed by atoms with van der Waals surface area (Å²) in [5.41, 5.74) is 8.46. The molecule has 0 radical (unpaired) electrons. The van der Waals surface area contributed by atoms with Gasteiger partial charge >= 0.3 is 7.12 Å². The summed E-state index contributed by atoms with van der Waals surface area (Å²) in [6, 6.07) is 29.0. The third-order valence-electron chi connectivity index (χ3n) is 6.18. The van der Waals surface area contributed by atoms with Gasteiger partial charge in [0.15, 0.2) is 0 Å². The van der Waals surface area contributed by atoms with Crippen LogP contribution in [0, 0.1) is 24.3 Å². The van der Waals surface area contributed by atoms with Crippen molar-refractivity contribution in [2.45, 2.75) is 67.2 Å². The molecule has 0 saturated heterocycles. The molecule has 0 atom stereocenters. The minimum atomic E-state index is -1.35. The molecule has 0 aliphatic carbocycles. The molecule has 0 aliphatic rings. The van der Waals surface area contributed by atoms with Crippen LogP contribution in [0.5, 0.6) is 0 Å². The number of benzene rings is 4. The van der Waals surface area contributed by atoms with E-state index in [4.69, 9.17) is 19.9 Å². The van der Waals surface area contributed by atoms with E-state index in [1.807, 2.05) is 12.1 Å². The van der Waals surface area contributed by atoms with Crippen molar-refractivity contribution in [3.8, 4) is 11.1 Å². The number of aliphatic carboxylic acids is 1. The van der Waals surface area contributed by atoms with Crippen molar-refractivity contribution in [2.75, 3.05) is 0 Å². The molecule has 0 amide bonds. The molecule has 6 nitrogen and oxygen atoms in total. The van der Waals surface area contributed by atoms with Crippen LogP contribution in [-0.2, 0) is 38.1 Å². The van der Waals surface area contributed by atoms with E-state index in [-0.39, 0.29) is 20.4 Å². The molecule has 1 heterocycles. The summed E-state index contributed by atoms with van der Waals surface area (Å²) in [7, 11) is -1.35. The normalized spacial score (nSPS) is 9.51. The average molecular weight is 976 g/mol. The first-order valence-corrected chi connectivity index (χ1v) is 17.5. The monoisotopic (exact) mass is 973 g/mol. The number of carboxylic acid groups (broad SMARTS) is 1. The molecule has 0 unspecified atom stereocenters. The predicted molar refractivity (Wildman–Crippen MR) is 205 cm³/mol. The van der Waals surface area contributed by atoms with Crippen molar-refractivity contribution in [3.63, 3.8) is 0 Å². The van der Waals surface area contributed by atoms with Gasteiger partial charge in [0.2, 0.25) is 0 Å². The Morgan fingerprint density at radius 2 is 1.19 bits per heavy atom. The zero-order valence-electron chi connectivity index (χ0n) is 27.5. The summed E-state index contributed by atoms with van der Waals surface area (Å²) in [5.74, 6) is -0.167. The Hall–Kier alpha value is -1.84. The van der Waals surface area contributed by atoms with Gasteiger partial charge in [0.25, 0.3) is 5.97 Å². The van der Waals surface area contributed by atoms with Gasteiger partial charge in [-0.25, -0.2) is 0 Å². The van der Waals surface area contributed by atoms with Gasteiger partial charge in [0.05, 0.1) is 0 Å². The predicted octanol–water partition coefficient (Wildman–Crippen LogP) is 10.0. The third kappa shape index (κ3) is 21.0. The maximum Gasteiger partial charge on any atom is 0.488 e. The Kier molecular flexibility index (Phi) is 24.2. The molecular weight excluding hydrogens is 932 g/mol. The van der Waals surface area contributed by atoms with Crippen molar-refractivity contribution in [1.29, 1.82) is 0 Å². The van der Waals surface area contributed by atoms with Gasteiger partial charge in [-0.2, -0.15) is 0 Å². The molecule has 5 rings (SSSR count). The first kappa shape index (κ1) is 45.2. The average Bonchev–Trinajstić information content (AvgIpc) is 3.79. The van der Waals surface area contributed by atoms with Crippen LogP contribution in [0.1, 0.15) is 61.8 Å². The summed E-state index contributed by atoms with van der Waals surface area (Å²) < 4.78 is 11.9. The van der Waals surface area contributed by atoms with Gasteiger partial charge in [-0.05, 0) is 118 Å². The molecule has 4 aromatic carbocycles. The Morgan fingerprint density at radius 3 is 1.53 bits per heavy atom. The van der Waals surface area contributed by atoms with E-state index in [0.29, 0.717) is 11.4 Å². The molecule has 0 saturated carbocycles. The number of aryl methyl sites for hydroxylation is 5. The number of hydrogen-bond acceptors (Lipinski definition) is 5. The van der Waals surface area contributed by atoms with Crippen molar-refractivity contribution >= 4 is 73.0 Å². The Labute approximate surface area is 323 Å². The van der Waals surface area contributed by atoms with Crippen LogP contribution in [0.3, 0.4) is 0 Å². The molecule has 47 heavy (non-hydrogen) atoms. The number of rotatable bonds is 6. The first-order chi connectivity index (χ1) is 21.8. The molecule has 5 aromatic rings. The Bertz CT molecular complexity index is 1530. The molecule has 0 spiro atoms. The van der Waals surface area contributed by atoms with E-state index in [0.717, 1.165) is 28.7 Å². The van der Waals surface area contributed by atoms with Crippen molar-refractivity contribution in [2.24, 2.45) is 0 Å². The standard InChI is InChI=1S/C16H17Br.C9H13BO2.C7H6BrI.C2H3O2.C2H4O2.Pd/c1-3-4-13-5-7-14(8-6-13)16-10-9-15(17)11-12(16)2;1-2-3-8-4-6-9(7-5-8)10(11)12;1-5-4-6(8)2-3-7(5)9;1-2-3-4-2;1-2(3)4;/h5-11H,3-4H2,1-2H3;4-7,11-12H,2-3H2,1H3;2-4H,1H3;1H3;1H3,(H,3,4);/q;;;-1;;. The summed E-state index contributed by atoms with van der Waals surface area (Å²) >= 11 is 9.21. The molecule has 0 fully saturated rings. The van der Waals surface area contributed by atoms with Crippen LogP contribution in [0.4, 0.5) is 0 Å². The van der Waals surface area contributed by atoms with Crippen LogP contribution in [0.25, 0.3) is 11.1 Å². The molecule has 258 valence electrons. The van der Waals surface area contributed by atoms with Gasteiger partial charge in [-0.15, -0.1) is 6.92 Å². The molecule has 3 N–H and O–H groups in total. The van der Waals surface area contributed by atoms with E-state index >= 15 is 0 Å². The van der Waals surface area contributed by atoms with Gasteiger partial charge in [-0.1, -0.05) is 113 Å². The second kappa shape index (κ2) is 25.2. The Morgan fingerprint density at radius 1 is 0.787 bits per heavy atom. The van der Waals surface area contributed by atoms with E-state index in [9.17, 15) is 0 Å². The SMILES string of the molecule is CC(=O)O.CCCc1ccc(-c2ccc(Br)cc2C)cc1.CCCc1ccc(B(O)O)cc1.C[c-]1oo1.Cc1cc(Br)ccc1I.[Pd]. The van der Waals surface area contributed by atoms with Gasteiger partial charge in [-0.3, -0.25) is 4.79 Å². The van der Waals surface area contributed by atoms with E-state index < -0.39 is 13.1 Å². The zero-order chi connectivity index (χ0) is 34.6. The van der Waals surface area contributed by atoms with E-state index in [1.165, 1.54) is 49.8 Å². The van der Waals surface area contributed by atoms with Crippen molar-refractivity contribution in [1.82, 2.24) is 0 Å². The van der Waals surface area contributed by atoms with E-state index in [2.05, 4.69) is 152 Å². The minimum Gasteiger partial charge on any atom is -0.481 e. The van der Waals surface area contributed by atoms with Crippen molar-refractivity contribution in [3.05, 3.63) is 126 Å². The third-order valence-corrected chi connectivity index (χ3v) is 8.38. The quantitative estimate of drug-likeness (QED) is 0.0678. The maximum atomic E-state index is 9.00. The summed E-state index contributed by atoms with van der Waals surface area (Å²) in [6.45, 7) is 11.4. The van der Waals surface area contributed by atoms with Gasteiger partial charge in [0, 0.05) is 45.8 Å². The van der Waals surface area contributed by atoms with Gasteiger partial charge < -0.3 is 24.3 Å². The molecule has 0 bridgehead atoms. The van der Waals surface area contributed by atoms with Crippen molar-refractivity contribution < 1.29 is 49.5 Å². The van der Waals surface area contributed by atoms with Crippen LogP contribution >= 0.6 is 54.5 Å². The number of hydrogen-bond donors (Lipinski definition) is 3. The number of carboxylic acids is 1. The fourth-order valence-electron chi connectivity index (χ4n) is 3.89. The van der Waals surface area contributed by atoms with Crippen LogP contribution in [0.2, 0.25) is 0 Å². The van der Waals surface area contributed by atoms with E-state index in [1.54, 1.807) is 19.1 Å².